The third-order valence-corrected chi connectivity index (χ3v) is 3.33. The minimum absolute atomic E-state index is 0.153. The van der Waals surface area contributed by atoms with Crippen LogP contribution in [0.3, 0.4) is 0 Å². The summed E-state index contributed by atoms with van der Waals surface area (Å²) in [5, 5.41) is 16.5. The van der Waals surface area contributed by atoms with Crippen molar-refractivity contribution in [1.29, 1.82) is 0 Å². The van der Waals surface area contributed by atoms with Gasteiger partial charge in [0.05, 0.1) is 0 Å². The molecule has 0 aromatic heterocycles. The van der Waals surface area contributed by atoms with Crippen molar-refractivity contribution in [2.45, 2.75) is 46.2 Å². The van der Waals surface area contributed by atoms with Crippen molar-refractivity contribution < 1.29 is 19.5 Å². The van der Waals surface area contributed by atoms with Crippen LogP contribution in [0.2, 0.25) is 0 Å². The van der Waals surface area contributed by atoms with Gasteiger partial charge in [-0.1, -0.05) is 26.0 Å². The van der Waals surface area contributed by atoms with Crippen molar-refractivity contribution in [2.24, 2.45) is 5.92 Å². The summed E-state index contributed by atoms with van der Waals surface area (Å²) in [6.45, 7) is 7.12. The molecule has 4 N–H and O–H groups in total. The highest BCUT2D eigenvalue weighted by Gasteiger charge is 2.25. The summed E-state index contributed by atoms with van der Waals surface area (Å²) in [7, 11) is 0. The summed E-state index contributed by atoms with van der Waals surface area (Å²) in [5.41, 5.74) is 1.62. The monoisotopic (exact) mass is 335 g/mol. The van der Waals surface area contributed by atoms with Gasteiger partial charge in [0.2, 0.25) is 5.91 Å². The van der Waals surface area contributed by atoms with Gasteiger partial charge < -0.3 is 21.1 Å². The van der Waals surface area contributed by atoms with Crippen molar-refractivity contribution in [1.82, 2.24) is 10.6 Å². The van der Waals surface area contributed by atoms with Crippen LogP contribution in [0.1, 0.15) is 32.8 Å². The number of aliphatic carboxylic acids is 1. The molecule has 7 nitrogen and oxygen atoms in total. The maximum absolute atomic E-state index is 12.2. The third-order valence-electron chi connectivity index (χ3n) is 3.33. The fourth-order valence-corrected chi connectivity index (χ4v) is 2.13. The van der Waals surface area contributed by atoms with E-state index in [2.05, 4.69) is 16.0 Å². The standard InChI is InChI=1S/C17H25N3O4/c1-10(2)8-14(15(21)18-12(4)16(22)23)20-17(24)19-13-7-5-6-11(3)9-13/h5-7,9-10,12,14H,8H2,1-4H3,(H,18,21)(H,22,23)(H2,19,20,24)/t12-,14-/m0/s1. The Balaban J connectivity index is 2.72. The summed E-state index contributed by atoms with van der Waals surface area (Å²) >= 11 is 0. The average molecular weight is 335 g/mol. The van der Waals surface area contributed by atoms with Crippen molar-refractivity contribution in [3.05, 3.63) is 29.8 Å². The maximum Gasteiger partial charge on any atom is 0.325 e. The number of carboxylic acids is 1. The largest absolute Gasteiger partial charge is 0.480 e. The van der Waals surface area contributed by atoms with Crippen molar-refractivity contribution in [2.75, 3.05) is 5.32 Å². The maximum atomic E-state index is 12.2. The fraction of sp³-hybridized carbons (Fsp3) is 0.471. The minimum atomic E-state index is -1.13. The lowest BCUT2D eigenvalue weighted by Crippen LogP contribution is -2.52. The van der Waals surface area contributed by atoms with Gasteiger partial charge in [0.15, 0.2) is 0 Å². The number of nitrogens with one attached hydrogen (secondary N) is 3. The molecule has 0 heterocycles. The van der Waals surface area contributed by atoms with Crippen LogP contribution in [0, 0.1) is 12.8 Å². The molecule has 0 spiro atoms. The molecular formula is C17H25N3O4. The molecule has 3 amide bonds. The number of benzene rings is 1. The number of carboxylic acid groups (broad SMARTS) is 1. The first-order chi connectivity index (χ1) is 11.2. The van der Waals surface area contributed by atoms with Gasteiger partial charge in [-0.3, -0.25) is 9.59 Å². The summed E-state index contributed by atoms with van der Waals surface area (Å²) < 4.78 is 0. The summed E-state index contributed by atoms with van der Waals surface area (Å²) in [6, 6.07) is 4.94. The van der Waals surface area contributed by atoms with Crippen LogP contribution in [0.5, 0.6) is 0 Å². The number of carbonyl (C=O) groups excluding carboxylic acids is 2. The molecule has 0 aliphatic rings. The van der Waals surface area contributed by atoms with Crippen LogP contribution in [0.25, 0.3) is 0 Å². The SMILES string of the molecule is Cc1cccc(NC(=O)N[C@@H](CC(C)C)C(=O)N[C@@H](C)C(=O)O)c1. The second-order valence-corrected chi connectivity index (χ2v) is 6.22. The van der Waals surface area contributed by atoms with Crippen molar-refractivity contribution in [3.63, 3.8) is 0 Å². The highest BCUT2D eigenvalue weighted by atomic mass is 16.4. The van der Waals surface area contributed by atoms with E-state index in [1.54, 1.807) is 6.07 Å². The van der Waals surface area contributed by atoms with E-state index < -0.39 is 30.0 Å². The molecule has 0 saturated heterocycles. The molecular weight excluding hydrogens is 310 g/mol. The number of hydrogen-bond donors (Lipinski definition) is 4. The molecule has 0 aliphatic heterocycles. The van der Waals surface area contributed by atoms with E-state index in [4.69, 9.17) is 5.11 Å². The molecule has 24 heavy (non-hydrogen) atoms. The molecule has 1 rings (SSSR count). The Hall–Kier alpha value is -2.57. The topological polar surface area (TPSA) is 108 Å². The van der Waals surface area contributed by atoms with E-state index in [-0.39, 0.29) is 5.92 Å². The number of rotatable bonds is 7. The number of urea groups is 1. The second-order valence-electron chi connectivity index (χ2n) is 6.22. The first-order valence-electron chi connectivity index (χ1n) is 7.86. The molecule has 0 unspecified atom stereocenters. The van der Waals surface area contributed by atoms with E-state index in [9.17, 15) is 14.4 Å². The van der Waals surface area contributed by atoms with Gasteiger partial charge in [-0.25, -0.2) is 4.79 Å². The molecule has 1 aromatic rings. The molecule has 1 aromatic carbocycles. The van der Waals surface area contributed by atoms with Gasteiger partial charge >= 0.3 is 12.0 Å². The van der Waals surface area contributed by atoms with Gasteiger partial charge in [0.1, 0.15) is 12.1 Å². The number of hydrogen-bond acceptors (Lipinski definition) is 3. The van der Waals surface area contributed by atoms with E-state index in [0.717, 1.165) is 5.56 Å². The summed E-state index contributed by atoms with van der Waals surface area (Å²) in [6.07, 6.45) is 0.402. The summed E-state index contributed by atoms with van der Waals surface area (Å²) in [4.78, 5) is 35.2. The quantitative estimate of drug-likeness (QED) is 0.612. The van der Waals surface area contributed by atoms with Gasteiger partial charge in [-0.15, -0.1) is 0 Å². The smallest absolute Gasteiger partial charge is 0.325 e. The Morgan fingerprint density at radius 2 is 1.79 bits per heavy atom. The van der Waals surface area contributed by atoms with Crippen LogP contribution in [0.15, 0.2) is 24.3 Å². The Labute approximate surface area is 141 Å². The number of amides is 3. The average Bonchev–Trinajstić information content (AvgIpc) is 2.45. The number of aryl methyl sites for hydroxylation is 1. The summed E-state index contributed by atoms with van der Waals surface area (Å²) in [5.74, 6) is -1.49. The van der Waals surface area contributed by atoms with Gasteiger partial charge in [0.25, 0.3) is 0 Å². The lowest BCUT2D eigenvalue weighted by atomic mass is 10.0. The third kappa shape index (κ3) is 6.68. The Morgan fingerprint density at radius 1 is 1.12 bits per heavy atom. The van der Waals surface area contributed by atoms with Crippen LogP contribution in [-0.4, -0.2) is 35.1 Å². The minimum Gasteiger partial charge on any atom is -0.480 e. The van der Waals surface area contributed by atoms with Crippen LogP contribution in [-0.2, 0) is 9.59 Å². The molecule has 132 valence electrons. The number of carbonyl (C=O) groups is 3. The zero-order valence-corrected chi connectivity index (χ0v) is 14.4. The first kappa shape index (κ1) is 19.5. The predicted octanol–water partition coefficient (Wildman–Crippen LogP) is 2.12. The number of anilines is 1. The van der Waals surface area contributed by atoms with E-state index in [1.165, 1.54) is 6.92 Å². The van der Waals surface area contributed by atoms with Crippen molar-refractivity contribution >= 4 is 23.6 Å². The van der Waals surface area contributed by atoms with Crippen LogP contribution >= 0.6 is 0 Å². The van der Waals surface area contributed by atoms with E-state index in [1.807, 2.05) is 39.0 Å². The Morgan fingerprint density at radius 3 is 2.33 bits per heavy atom. The normalized spacial score (nSPS) is 13.0. The Bertz CT molecular complexity index is 601. The fourth-order valence-electron chi connectivity index (χ4n) is 2.13. The molecule has 0 fully saturated rings. The predicted molar refractivity (Wildman–Crippen MR) is 91.8 cm³/mol. The molecule has 7 heteroatoms. The van der Waals surface area contributed by atoms with Gasteiger partial charge in [0, 0.05) is 5.69 Å². The lowest BCUT2D eigenvalue weighted by Gasteiger charge is -2.21. The van der Waals surface area contributed by atoms with E-state index in [0.29, 0.717) is 12.1 Å². The highest BCUT2D eigenvalue weighted by Crippen LogP contribution is 2.10. The van der Waals surface area contributed by atoms with Crippen LogP contribution < -0.4 is 16.0 Å². The van der Waals surface area contributed by atoms with Crippen molar-refractivity contribution in [3.8, 4) is 0 Å². The van der Waals surface area contributed by atoms with Crippen LogP contribution in [0.4, 0.5) is 10.5 Å². The zero-order chi connectivity index (χ0) is 18.3. The lowest BCUT2D eigenvalue weighted by molar-refractivity contribution is -0.141. The molecule has 2 atom stereocenters. The van der Waals surface area contributed by atoms with Gasteiger partial charge in [-0.05, 0) is 43.9 Å². The highest BCUT2D eigenvalue weighted by molar-refractivity contribution is 5.94. The molecule has 0 aliphatic carbocycles. The van der Waals surface area contributed by atoms with E-state index >= 15 is 0 Å². The Kier molecular flexibility index (Phi) is 7.23. The second kappa shape index (κ2) is 8.90. The molecule has 0 radical (unpaired) electrons. The first-order valence-corrected chi connectivity index (χ1v) is 7.86. The molecule has 0 saturated carbocycles. The molecule has 0 bridgehead atoms. The zero-order valence-electron chi connectivity index (χ0n) is 14.4. The van der Waals surface area contributed by atoms with Gasteiger partial charge in [-0.2, -0.15) is 0 Å².